The zero-order valence-corrected chi connectivity index (χ0v) is 19.6. The second kappa shape index (κ2) is 8.93. The van der Waals surface area contributed by atoms with Crippen molar-refractivity contribution in [1.29, 1.82) is 0 Å². The van der Waals surface area contributed by atoms with Gasteiger partial charge in [-0.15, -0.1) is 0 Å². The Morgan fingerprint density at radius 1 is 0.879 bits per heavy atom. The van der Waals surface area contributed by atoms with Crippen LogP contribution in [-0.2, 0) is 17.9 Å². The van der Waals surface area contributed by atoms with E-state index in [9.17, 15) is 9.59 Å². The summed E-state index contributed by atoms with van der Waals surface area (Å²) in [4.78, 5) is 27.5. The number of aromatic nitrogens is 1. The van der Waals surface area contributed by atoms with E-state index < -0.39 is 0 Å². The Morgan fingerprint density at radius 2 is 1.58 bits per heavy atom. The summed E-state index contributed by atoms with van der Waals surface area (Å²) in [6.07, 6.45) is 1.86. The lowest BCUT2D eigenvalue weighted by molar-refractivity contribution is -0.123. The van der Waals surface area contributed by atoms with Crippen LogP contribution in [0.2, 0.25) is 5.02 Å². The van der Waals surface area contributed by atoms with E-state index in [2.05, 4.69) is 35.8 Å². The van der Waals surface area contributed by atoms with Crippen molar-refractivity contribution in [3.05, 3.63) is 111 Å². The third-order valence-corrected chi connectivity index (χ3v) is 7.17. The summed E-state index contributed by atoms with van der Waals surface area (Å²) in [6, 6.07) is 25.7. The minimum absolute atomic E-state index is 0.163. The number of para-hydroxylation sites is 1. The number of carbonyl (C=O) groups excluding carboxylic acids is 2. The number of benzene rings is 3. The van der Waals surface area contributed by atoms with E-state index in [1.807, 2.05) is 54.6 Å². The molecular weight excluding hydrogens is 452 g/mol. The molecule has 0 unspecified atom stereocenters. The molecule has 0 aliphatic carbocycles. The number of carbonyl (C=O) groups is 2. The number of imide groups is 1. The van der Waals surface area contributed by atoms with E-state index in [1.165, 1.54) is 10.5 Å². The highest BCUT2D eigenvalue weighted by atomic mass is 35.5. The average molecular weight is 473 g/mol. The first kappa shape index (κ1) is 21.6. The molecule has 1 saturated heterocycles. The van der Waals surface area contributed by atoms with Crippen LogP contribution in [-0.4, -0.2) is 20.6 Å². The molecule has 0 spiro atoms. The Hall–Kier alpha value is -3.28. The van der Waals surface area contributed by atoms with Gasteiger partial charge in [-0.05, 0) is 48.0 Å². The van der Waals surface area contributed by atoms with E-state index >= 15 is 0 Å². The van der Waals surface area contributed by atoms with Crippen molar-refractivity contribution in [2.45, 2.75) is 20.0 Å². The third kappa shape index (κ3) is 4.10. The summed E-state index contributed by atoms with van der Waals surface area (Å²) in [5.41, 5.74) is 5.06. The van der Waals surface area contributed by atoms with Crippen LogP contribution >= 0.6 is 23.4 Å². The molecule has 0 bridgehead atoms. The van der Waals surface area contributed by atoms with Crippen molar-refractivity contribution in [3.63, 3.8) is 0 Å². The van der Waals surface area contributed by atoms with Gasteiger partial charge < -0.3 is 4.57 Å². The Kier molecular flexibility index (Phi) is 5.83. The molecule has 0 N–H and O–H groups in total. The van der Waals surface area contributed by atoms with Crippen LogP contribution in [0.1, 0.15) is 22.4 Å². The lowest BCUT2D eigenvalue weighted by atomic mass is 10.1. The Labute approximate surface area is 201 Å². The Balaban J connectivity index is 1.52. The third-order valence-electron chi connectivity index (χ3n) is 5.90. The number of rotatable bonds is 5. The number of hydrogen-bond donors (Lipinski definition) is 0. The van der Waals surface area contributed by atoms with Gasteiger partial charge in [0.2, 0.25) is 0 Å². The van der Waals surface area contributed by atoms with E-state index in [1.54, 1.807) is 6.07 Å². The van der Waals surface area contributed by atoms with E-state index in [0.29, 0.717) is 9.93 Å². The van der Waals surface area contributed by atoms with Gasteiger partial charge >= 0.3 is 0 Å². The molecule has 4 nitrogen and oxygen atoms in total. The molecular formula is C27H21ClN2O2S. The fraction of sp³-hybridized carbons (Fsp3) is 0.111. The minimum Gasteiger partial charge on any atom is -0.340 e. The van der Waals surface area contributed by atoms with Crippen molar-refractivity contribution in [3.8, 4) is 0 Å². The van der Waals surface area contributed by atoms with Crippen LogP contribution in [0, 0.1) is 6.92 Å². The predicted octanol–water partition coefficient (Wildman–Crippen LogP) is 6.89. The van der Waals surface area contributed by atoms with Crippen molar-refractivity contribution in [2.75, 3.05) is 0 Å². The molecule has 5 rings (SSSR count). The molecule has 0 saturated carbocycles. The highest BCUT2D eigenvalue weighted by Crippen LogP contribution is 2.37. The molecule has 2 amide bonds. The summed E-state index contributed by atoms with van der Waals surface area (Å²) < 4.78 is 2.25. The van der Waals surface area contributed by atoms with E-state index in [-0.39, 0.29) is 17.7 Å². The molecule has 4 aromatic rings. The van der Waals surface area contributed by atoms with Gasteiger partial charge in [-0.2, -0.15) is 0 Å². The normalized spacial score (nSPS) is 15.2. The smallest absolute Gasteiger partial charge is 0.293 e. The van der Waals surface area contributed by atoms with Gasteiger partial charge in [0.15, 0.2) is 0 Å². The van der Waals surface area contributed by atoms with Gasteiger partial charge in [0.05, 0.1) is 11.4 Å². The number of hydrogen-bond acceptors (Lipinski definition) is 3. The van der Waals surface area contributed by atoms with Gasteiger partial charge in [0, 0.05) is 33.7 Å². The van der Waals surface area contributed by atoms with Gasteiger partial charge in [-0.1, -0.05) is 78.3 Å². The molecule has 1 aromatic heterocycles. The lowest BCUT2D eigenvalue weighted by Gasteiger charge is -2.13. The number of nitrogens with zero attached hydrogens (tertiary/aromatic N) is 2. The van der Waals surface area contributed by atoms with Gasteiger partial charge in [0.25, 0.3) is 11.1 Å². The minimum atomic E-state index is -0.288. The Bertz CT molecular complexity index is 1410. The summed E-state index contributed by atoms with van der Waals surface area (Å²) in [6.45, 7) is 2.95. The molecule has 164 valence electrons. The maximum atomic E-state index is 13.1. The van der Waals surface area contributed by atoms with Crippen molar-refractivity contribution >= 4 is 51.5 Å². The summed E-state index contributed by atoms with van der Waals surface area (Å²) in [5, 5.41) is 1.32. The molecule has 1 fully saturated rings. The maximum absolute atomic E-state index is 13.1. The van der Waals surface area contributed by atoms with Crippen LogP contribution in [0.4, 0.5) is 4.79 Å². The van der Waals surface area contributed by atoms with Crippen LogP contribution in [0.15, 0.2) is 83.8 Å². The van der Waals surface area contributed by atoms with Gasteiger partial charge in [-0.25, -0.2) is 0 Å². The van der Waals surface area contributed by atoms with Crippen LogP contribution in [0.25, 0.3) is 17.0 Å². The van der Waals surface area contributed by atoms with Crippen molar-refractivity contribution in [2.24, 2.45) is 0 Å². The zero-order chi connectivity index (χ0) is 22.9. The van der Waals surface area contributed by atoms with Crippen molar-refractivity contribution in [1.82, 2.24) is 9.47 Å². The Morgan fingerprint density at radius 3 is 2.36 bits per heavy atom. The standard InChI is InChI=1S/C27H21ClN2O2S/c1-18-22(21-12-6-8-14-24(21)29(18)16-19-9-3-2-4-10-19)15-25-26(31)30(27(32)33-25)17-20-11-5-7-13-23(20)28/h2-15H,16-17H2,1H3/b25-15-. The maximum Gasteiger partial charge on any atom is 0.293 e. The second-order valence-electron chi connectivity index (χ2n) is 7.95. The summed E-state index contributed by atoms with van der Waals surface area (Å²) >= 11 is 7.22. The lowest BCUT2D eigenvalue weighted by Crippen LogP contribution is -2.27. The first-order valence-corrected chi connectivity index (χ1v) is 11.8. The summed E-state index contributed by atoms with van der Waals surface area (Å²) in [7, 11) is 0. The first-order chi connectivity index (χ1) is 16.0. The van der Waals surface area contributed by atoms with Crippen LogP contribution in [0.5, 0.6) is 0 Å². The fourth-order valence-electron chi connectivity index (χ4n) is 4.17. The molecule has 0 atom stereocenters. The monoisotopic (exact) mass is 472 g/mol. The predicted molar refractivity (Wildman–Crippen MR) is 135 cm³/mol. The van der Waals surface area contributed by atoms with Crippen molar-refractivity contribution < 1.29 is 9.59 Å². The van der Waals surface area contributed by atoms with Crippen LogP contribution < -0.4 is 0 Å². The molecule has 2 heterocycles. The molecule has 6 heteroatoms. The average Bonchev–Trinajstić information content (AvgIpc) is 3.24. The molecule has 1 aliphatic rings. The fourth-order valence-corrected chi connectivity index (χ4v) is 5.19. The number of thioether (sulfide) groups is 1. The molecule has 1 aliphatic heterocycles. The van der Waals surface area contributed by atoms with Gasteiger partial charge in [0.1, 0.15) is 0 Å². The summed E-state index contributed by atoms with van der Waals surface area (Å²) in [5.74, 6) is -0.288. The van der Waals surface area contributed by atoms with Crippen LogP contribution in [0.3, 0.4) is 0 Å². The van der Waals surface area contributed by atoms with E-state index in [0.717, 1.165) is 46.0 Å². The van der Waals surface area contributed by atoms with E-state index in [4.69, 9.17) is 11.6 Å². The SMILES string of the molecule is Cc1c(/C=C2\SC(=O)N(Cc3ccccc3Cl)C2=O)c2ccccc2n1Cc1ccccc1. The highest BCUT2D eigenvalue weighted by Gasteiger charge is 2.35. The largest absolute Gasteiger partial charge is 0.340 e. The highest BCUT2D eigenvalue weighted by molar-refractivity contribution is 8.18. The first-order valence-electron chi connectivity index (χ1n) is 10.6. The number of halogens is 1. The quantitative estimate of drug-likeness (QED) is 0.297. The second-order valence-corrected chi connectivity index (χ2v) is 9.35. The van der Waals surface area contributed by atoms with Gasteiger partial charge in [-0.3, -0.25) is 14.5 Å². The number of amides is 2. The topological polar surface area (TPSA) is 42.3 Å². The number of fused-ring (bicyclic) bond motifs is 1. The molecule has 33 heavy (non-hydrogen) atoms. The zero-order valence-electron chi connectivity index (χ0n) is 18.0. The molecule has 3 aromatic carbocycles. The molecule has 0 radical (unpaired) electrons.